The Hall–Kier alpha value is -0.590. The van der Waals surface area contributed by atoms with E-state index in [0.29, 0.717) is 6.61 Å². The van der Waals surface area contributed by atoms with E-state index in [0.717, 1.165) is 38.8 Å². The Labute approximate surface area is 86.3 Å². The number of hydrogen-bond donors (Lipinski definition) is 1. The first kappa shape index (κ1) is 11.5. The van der Waals surface area contributed by atoms with Crippen molar-refractivity contribution in [2.45, 2.75) is 44.6 Å². The summed E-state index contributed by atoms with van der Waals surface area (Å²) in [5.41, 5.74) is 0. The van der Waals surface area contributed by atoms with Crippen LogP contribution in [0.25, 0.3) is 0 Å². The molecular weight excluding hydrogens is 176 g/mol. The van der Waals surface area contributed by atoms with Gasteiger partial charge in [-0.15, -0.1) is 0 Å². The average molecular weight is 196 g/mol. The van der Waals surface area contributed by atoms with Crippen molar-refractivity contribution in [2.75, 3.05) is 19.7 Å². The van der Waals surface area contributed by atoms with Crippen molar-refractivity contribution in [3.05, 3.63) is 0 Å². The molecule has 0 spiro atoms. The fourth-order valence-corrected chi connectivity index (χ4v) is 2.02. The quantitative estimate of drug-likeness (QED) is 0.655. The molecule has 1 rings (SSSR count). The Balaban J connectivity index is 2.03. The van der Waals surface area contributed by atoms with Crippen LogP contribution < -0.4 is 0 Å². The molecule has 0 saturated carbocycles. The molecule has 0 radical (unpaired) electrons. The fourth-order valence-electron chi connectivity index (χ4n) is 2.02. The maximum absolute atomic E-state index is 8.85. The van der Waals surface area contributed by atoms with Crippen LogP contribution in [0.3, 0.4) is 0 Å². The highest BCUT2D eigenvalue weighted by Gasteiger charge is 2.22. The second-order valence-corrected chi connectivity index (χ2v) is 3.96. The summed E-state index contributed by atoms with van der Waals surface area (Å²) in [5, 5.41) is 17.5. The highest BCUT2D eigenvalue weighted by molar-refractivity contribution is 4.95. The van der Waals surface area contributed by atoms with Gasteiger partial charge in [-0.05, 0) is 38.8 Å². The third kappa shape index (κ3) is 3.65. The summed E-state index contributed by atoms with van der Waals surface area (Å²) in [7, 11) is 0. The Morgan fingerprint density at radius 1 is 1.29 bits per heavy atom. The lowest BCUT2D eigenvalue weighted by atomic mass is 10.2. The Bertz CT molecular complexity index is 188. The molecule has 1 saturated heterocycles. The molecule has 0 amide bonds. The van der Waals surface area contributed by atoms with Gasteiger partial charge in [0.2, 0.25) is 0 Å². The third-order valence-electron chi connectivity index (χ3n) is 2.87. The highest BCUT2D eigenvalue weighted by atomic mass is 16.2. The van der Waals surface area contributed by atoms with Gasteiger partial charge in [-0.1, -0.05) is 12.8 Å². The minimum atomic E-state index is 0.174. The summed E-state index contributed by atoms with van der Waals surface area (Å²) in [5.74, 6) is 0. The molecule has 0 bridgehead atoms. The van der Waals surface area contributed by atoms with Gasteiger partial charge in [0.05, 0.1) is 12.1 Å². The van der Waals surface area contributed by atoms with Gasteiger partial charge in [0.1, 0.15) is 0 Å². The van der Waals surface area contributed by atoms with Crippen molar-refractivity contribution in [2.24, 2.45) is 0 Å². The largest absolute Gasteiger partial charge is 0.396 e. The van der Waals surface area contributed by atoms with Crippen LogP contribution in [0.4, 0.5) is 0 Å². The smallest absolute Gasteiger partial charge is 0.0978 e. The molecule has 3 heteroatoms. The number of likely N-dealkylation sites (tertiary alicyclic amines) is 1. The van der Waals surface area contributed by atoms with Crippen molar-refractivity contribution < 1.29 is 5.11 Å². The number of hydrogen-bond acceptors (Lipinski definition) is 3. The maximum Gasteiger partial charge on any atom is 0.0978 e. The van der Waals surface area contributed by atoms with E-state index in [-0.39, 0.29) is 6.04 Å². The third-order valence-corrected chi connectivity index (χ3v) is 2.87. The predicted octanol–water partition coefficient (Wildman–Crippen LogP) is 1.53. The van der Waals surface area contributed by atoms with Crippen molar-refractivity contribution in [3.63, 3.8) is 0 Å². The van der Waals surface area contributed by atoms with Crippen LogP contribution in [0.2, 0.25) is 0 Å². The van der Waals surface area contributed by atoms with Crippen molar-refractivity contribution in [1.29, 1.82) is 5.26 Å². The van der Waals surface area contributed by atoms with Gasteiger partial charge < -0.3 is 5.11 Å². The van der Waals surface area contributed by atoms with E-state index < -0.39 is 0 Å². The first-order valence-electron chi connectivity index (χ1n) is 5.63. The number of rotatable bonds is 6. The van der Waals surface area contributed by atoms with E-state index in [9.17, 15) is 0 Å². The topological polar surface area (TPSA) is 47.3 Å². The van der Waals surface area contributed by atoms with Crippen molar-refractivity contribution in [3.8, 4) is 6.07 Å². The molecule has 1 aliphatic heterocycles. The lowest BCUT2D eigenvalue weighted by Gasteiger charge is -2.18. The van der Waals surface area contributed by atoms with Gasteiger partial charge >= 0.3 is 0 Å². The molecule has 0 aromatic carbocycles. The lowest BCUT2D eigenvalue weighted by Crippen LogP contribution is -2.28. The summed E-state index contributed by atoms with van der Waals surface area (Å²) in [6.07, 6.45) is 6.60. The van der Waals surface area contributed by atoms with Crippen LogP contribution >= 0.6 is 0 Å². The lowest BCUT2D eigenvalue weighted by molar-refractivity contribution is 0.270. The minimum Gasteiger partial charge on any atom is -0.396 e. The number of nitriles is 1. The summed E-state index contributed by atoms with van der Waals surface area (Å²) in [4.78, 5) is 2.29. The molecular formula is C11H20N2O. The monoisotopic (exact) mass is 196 g/mol. The van der Waals surface area contributed by atoms with Gasteiger partial charge in [-0.2, -0.15) is 5.26 Å². The Morgan fingerprint density at radius 3 is 2.79 bits per heavy atom. The normalized spacial score (nSPS) is 22.4. The standard InChI is InChI=1S/C11H20N2O/c12-10-11-6-5-8-13(11)7-3-1-2-4-9-14/h11,14H,1-9H2. The summed E-state index contributed by atoms with van der Waals surface area (Å²) in [6, 6.07) is 2.53. The Morgan fingerprint density at radius 2 is 2.07 bits per heavy atom. The van der Waals surface area contributed by atoms with E-state index in [1.807, 2.05) is 0 Å². The molecule has 3 nitrogen and oxygen atoms in total. The first-order chi connectivity index (χ1) is 6.88. The van der Waals surface area contributed by atoms with Gasteiger partial charge in [0.15, 0.2) is 0 Å². The molecule has 1 aliphatic rings. The van der Waals surface area contributed by atoms with Gasteiger partial charge in [0.25, 0.3) is 0 Å². The molecule has 0 aromatic rings. The molecule has 1 atom stereocenters. The molecule has 1 unspecified atom stereocenters. The van der Waals surface area contributed by atoms with E-state index in [4.69, 9.17) is 10.4 Å². The van der Waals surface area contributed by atoms with Gasteiger partial charge in [0, 0.05) is 6.61 Å². The first-order valence-corrected chi connectivity index (χ1v) is 5.63. The van der Waals surface area contributed by atoms with Crippen molar-refractivity contribution >= 4 is 0 Å². The highest BCUT2D eigenvalue weighted by Crippen LogP contribution is 2.17. The molecule has 1 N–H and O–H groups in total. The summed E-state index contributed by atoms with van der Waals surface area (Å²) in [6.45, 7) is 2.46. The summed E-state index contributed by atoms with van der Waals surface area (Å²) >= 11 is 0. The number of unbranched alkanes of at least 4 members (excludes halogenated alkanes) is 3. The molecule has 80 valence electrons. The average Bonchev–Trinajstić information content (AvgIpc) is 2.65. The SMILES string of the molecule is N#CC1CCCN1CCCCCCO. The molecule has 0 aliphatic carbocycles. The van der Waals surface area contributed by atoms with Gasteiger partial charge in [-0.25, -0.2) is 0 Å². The van der Waals surface area contributed by atoms with Crippen LogP contribution in [0.15, 0.2) is 0 Å². The fraction of sp³-hybridized carbons (Fsp3) is 0.909. The predicted molar refractivity (Wildman–Crippen MR) is 55.8 cm³/mol. The minimum absolute atomic E-state index is 0.174. The maximum atomic E-state index is 8.85. The van der Waals surface area contributed by atoms with E-state index in [1.165, 1.54) is 12.8 Å². The molecule has 1 heterocycles. The van der Waals surface area contributed by atoms with Crippen molar-refractivity contribution in [1.82, 2.24) is 4.90 Å². The summed E-state index contributed by atoms with van der Waals surface area (Å²) < 4.78 is 0. The number of aliphatic hydroxyl groups excluding tert-OH is 1. The second kappa shape index (κ2) is 6.80. The van der Waals surface area contributed by atoms with Crippen LogP contribution in [-0.2, 0) is 0 Å². The van der Waals surface area contributed by atoms with Crippen LogP contribution in [-0.4, -0.2) is 35.7 Å². The molecule has 0 aromatic heterocycles. The van der Waals surface area contributed by atoms with Gasteiger partial charge in [-0.3, -0.25) is 4.90 Å². The number of aliphatic hydroxyl groups is 1. The zero-order valence-electron chi connectivity index (χ0n) is 8.78. The molecule has 14 heavy (non-hydrogen) atoms. The zero-order chi connectivity index (χ0) is 10.2. The van der Waals surface area contributed by atoms with E-state index in [2.05, 4.69) is 11.0 Å². The van der Waals surface area contributed by atoms with E-state index in [1.54, 1.807) is 0 Å². The van der Waals surface area contributed by atoms with E-state index >= 15 is 0 Å². The zero-order valence-corrected chi connectivity index (χ0v) is 8.78. The van der Waals surface area contributed by atoms with Crippen LogP contribution in [0.1, 0.15) is 38.5 Å². The number of nitrogens with zero attached hydrogens (tertiary/aromatic N) is 2. The second-order valence-electron chi connectivity index (χ2n) is 3.96. The van der Waals surface area contributed by atoms with Crippen LogP contribution in [0, 0.1) is 11.3 Å². The van der Waals surface area contributed by atoms with Crippen LogP contribution in [0.5, 0.6) is 0 Å². The molecule has 1 fully saturated rings. The Kier molecular flexibility index (Phi) is 5.58.